The number of carbonyl (C=O) groups is 3. The molecule has 1 saturated heterocycles. The van der Waals surface area contributed by atoms with E-state index in [-0.39, 0.29) is 28.7 Å². The minimum absolute atomic E-state index is 0.0143. The molecule has 2 heterocycles. The molecule has 146 valence electrons. The Kier molecular flexibility index (Phi) is 6.65. The summed E-state index contributed by atoms with van der Waals surface area (Å²) in [5.41, 5.74) is 1.70. The van der Waals surface area contributed by atoms with Gasteiger partial charge in [0.2, 0.25) is 11.8 Å². The molecule has 3 rings (SSSR count). The third-order valence-corrected chi connectivity index (χ3v) is 5.27. The summed E-state index contributed by atoms with van der Waals surface area (Å²) < 4.78 is 5.69. The first-order valence-electron chi connectivity index (χ1n) is 8.88. The predicted octanol–water partition coefficient (Wildman–Crippen LogP) is 2.06. The third-order valence-electron chi connectivity index (χ3n) is 4.29. The Labute approximate surface area is 167 Å². The second kappa shape index (κ2) is 9.36. The number of pyridine rings is 1. The first-order chi connectivity index (χ1) is 13.5. The van der Waals surface area contributed by atoms with Crippen molar-refractivity contribution < 1.29 is 19.1 Å². The largest absolute Gasteiger partial charge is 0.492 e. The van der Waals surface area contributed by atoms with Crippen molar-refractivity contribution in [1.82, 2.24) is 15.2 Å². The van der Waals surface area contributed by atoms with E-state index in [4.69, 9.17) is 4.74 Å². The number of aromatic nitrogens is 1. The highest BCUT2D eigenvalue weighted by Gasteiger charge is 2.31. The lowest BCUT2D eigenvalue weighted by Crippen LogP contribution is -2.32. The standard InChI is InChI=1S/C20H21N3O4S/c1-23(18(24)13-15-4-2-3-9-21-15)10-11-27-16-7-5-14(6-8-16)12-17-19(25)22-20(26)28-17/h2-9,17H,10-13H2,1H3,(H,22,25,26). The van der Waals surface area contributed by atoms with Crippen LogP contribution in [0.15, 0.2) is 48.7 Å². The molecule has 1 aromatic carbocycles. The maximum atomic E-state index is 12.2. The molecule has 1 fully saturated rings. The number of thioether (sulfide) groups is 1. The smallest absolute Gasteiger partial charge is 0.286 e. The Morgan fingerprint density at radius 3 is 2.64 bits per heavy atom. The van der Waals surface area contributed by atoms with Gasteiger partial charge < -0.3 is 9.64 Å². The normalized spacial score (nSPS) is 16.0. The number of benzene rings is 1. The van der Waals surface area contributed by atoms with Gasteiger partial charge in [-0.1, -0.05) is 30.0 Å². The molecule has 1 atom stereocenters. The molecule has 0 radical (unpaired) electrons. The quantitative estimate of drug-likeness (QED) is 0.731. The fourth-order valence-corrected chi connectivity index (χ4v) is 3.54. The van der Waals surface area contributed by atoms with E-state index in [1.54, 1.807) is 18.1 Å². The van der Waals surface area contributed by atoms with E-state index in [9.17, 15) is 14.4 Å². The summed E-state index contributed by atoms with van der Waals surface area (Å²) >= 11 is 1.02. The van der Waals surface area contributed by atoms with Crippen molar-refractivity contribution in [2.45, 2.75) is 18.1 Å². The molecule has 1 unspecified atom stereocenters. The summed E-state index contributed by atoms with van der Waals surface area (Å²) in [6.45, 7) is 0.841. The lowest BCUT2D eigenvalue weighted by atomic mass is 10.1. The molecule has 8 heteroatoms. The number of hydrogen-bond acceptors (Lipinski definition) is 6. The zero-order valence-electron chi connectivity index (χ0n) is 15.5. The minimum atomic E-state index is -0.377. The SMILES string of the molecule is CN(CCOc1ccc(CC2SC(=O)NC2=O)cc1)C(=O)Cc1ccccn1. The van der Waals surface area contributed by atoms with Crippen LogP contribution in [0.5, 0.6) is 5.75 Å². The van der Waals surface area contributed by atoms with Gasteiger partial charge in [0.15, 0.2) is 0 Å². The van der Waals surface area contributed by atoms with Gasteiger partial charge >= 0.3 is 0 Å². The summed E-state index contributed by atoms with van der Waals surface area (Å²) in [7, 11) is 1.74. The average molecular weight is 399 g/mol. The molecule has 0 aliphatic carbocycles. The van der Waals surface area contributed by atoms with E-state index < -0.39 is 0 Å². The lowest BCUT2D eigenvalue weighted by Gasteiger charge is -2.17. The number of amides is 3. The van der Waals surface area contributed by atoms with E-state index in [0.717, 1.165) is 23.0 Å². The molecule has 3 amide bonds. The van der Waals surface area contributed by atoms with E-state index in [1.165, 1.54) is 0 Å². The van der Waals surface area contributed by atoms with Crippen LogP contribution in [0.25, 0.3) is 0 Å². The highest BCUT2D eigenvalue weighted by Crippen LogP contribution is 2.23. The molecule has 0 saturated carbocycles. The van der Waals surface area contributed by atoms with Gasteiger partial charge in [0.25, 0.3) is 5.24 Å². The highest BCUT2D eigenvalue weighted by atomic mass is 32.2. The Balaban J connectivity index is 1.41. The van der Waals surface area contributed by atoms with Gasteiger partial charge in [0.05, 0.1) is 18.2 Å². The minimum Gasteiger partial charge on any atom is -0.492 e. The zero-order valence-corrected chi connectivity index (χ0v) is 16.3. The second-order valence-electron chi connectivity index (χ2n) is 6.39. The molecular formula is C20H21N3O4S. The van der Waals surface area contributed by atoms with Crippen LogP contribution in [0.4, 0.5) is 4.79 Å². The van der Waals surface area contributed by atoms with Gasteiger partial charge in [-0.25, -0.2) is 0 Å². The van der Waals surface area contributed by atoms with E-state index in [2.05, 4.69) is 10.3 Å². The van der Waals surface area contributed by atoms with Crippen molar-refractivity contribution >= 4 is 28.8 Å². The summed E-state index contributed by atoms with van der Waals surface area (Å²) in [6.07, 6.45) is 2.43. The van der Waals surface area contributed by atoms with Gasteiger partial charge in [0, 0.05) is 18.9 Å². The fraction of sp³-hybridized carbons (Fsp3) is 0.300. The Hall–Kier alpha value is -2.87. The van der Waals surface area contributed by atoms with Crippen molar-refractivity contribution in [3.63, 3.8) is 0 Å². The molecule has 1 N–H and O–H groups in total. The van der Waals surface area contributed by atoms with Crippen LogP contribution in [0.3, 0.4) is 0 Å². The Morgan fingerprint density at radius 1 is 1.21 bits per heavy atom. The van der Waals surface area contributed by atoms with Crippen LogP contribution >= 0.6 is 11.8 Å². The number of rotatable bonds is 8. The highest BCUT2D eigenvalue weighted by molar-refractivity contribution is 8.15. The summed E-state index contributed by atoms with van der Waals surface area (Å²) in [6, 6.07) is 12.9. The first kappa shape index (κ1) is 19.9. The van der Waals surface area contributed by atoms with Gasteiger partial charge in [-0.3, -0.25) is 24.7 Å². The number of carbonyl (C=O) groups excluding carboxylic acids is 3. The Morgan fingerprint density at radius 2 is 2.00 bits per heavy atom. The van der Waals surface area contributed by atoms with E-state index in [1.807, 2.05) is 42.5 Å². The topological polar surface area (TPSA) is 88.6 Å². The lowest BCUT2D eigenvalue weighted by molar-refractivity contribution is -0.129. The van der Waals surface area contributed by atoms with Crippen LogP contribution in [0.2, 0.25) is 0 Å². The monoisotopic (exact) mass is 399 g/mol. The second-order valence-corrected chi connectivity index (χ2v) is 7.57. The maximum Gasteiger partial charge on any atom is 0.286 e. The van der Waals surface area contributed by atoms with Crippen molar-refractivity contribution in [3.8, 4) is 5.75 Å². The summed E-state index contributed by atoms with van der Waals surface area (Å²) in [4.78, 5) is 40.8. The van der Waals surface area contributed by atoms with E-state index >= 15 is 0 Å². The van der Waals surface area contributed by atoms with Gasteiger partial charge in [-0.15, -0.1) is 0 Å². The Bertz CT molecular complexity index is 842. The average Bonchev–Trinajstić information content (AvgIpc) is 3.00. The first-order valence-corrected chi connectivity index (χ1v) is 9.76. The van der Waals surface area contributed by atoms with Crippen molar-refractivity contribution in [2.24, 2.45) is 0 Å². The van der Waals surface area contributed by atoms with Crippen LogP contribution in [-0.2, 0) is 22.4 Å². The number of ether oxygens (including phenoxy) is 1. The summed E-state index contributed by atoms with van der Waals surface area (Å²) in [5.74, 6) is 0.433. The van der Waals surface area contributed by atoms with Gasteiger partial charge in [0.1, 0.15) is 12.4 Å². The third kappa shape index (κ3) is 5.56. The fourth-order valence-electron chi connectivity index (χ4n) is 2.68. The zero-order chi connectivity index (χ0) is 19.9. The van der Waals surface area contributed by atoms with Crippen molar-refractivity contribution in [3.05, 3.63) is 59.9 Å². The summed E-state index contributed by atoms with van der Waals surface area (Å²) in [5, 5.41) is 1.61. The number of imide groups is 1. The van der Waals surface area contributed by atoms with Gasteiger partial charge in [-0.2, -0.15) is 0 Å². The van der Waals surface area contributed by atoms with Crippen LogP contribution in [0, 0.1) is 0 Å². The molecule has 7 nitrogen and oxygen atoms in total. The molecule has 1 aliphatic heterocycles. The van der Waals surface area contributed by atoms with E-state index in [0.29, 0.717) is 25.3 Å². The maximum absolute atomic E-state index is 12.2. The molecule has 1 aliphatic rings. The van der Waals surface area contributed by atoms with Crippen LogP contribution in [0.1, 0.15) is 11.3 Å². The number of hydrogen-bond donors (Lipinski definition) is 1. The molecule has 0 spiro atoms. The molecular weight excluding hydrogens is 378 g/mol. The van der Waals surface area contributed by atoms with Gasteiger partial charge in [-0.05, 0) is 36.2 Å². The molecule has 2 aromatic rings. The molecule has 0 bridgehead atoms. The van der Waals surface area contributed by atoms with Crippen molar-refractivity contribution in [2.75, 3.05) is 20.2 Å². The van der Waals surface area contributed by atoms with Crippen molar-refractivity contribution in [1.29, 1.82) is 0 Å². The number of nitrogens with zero attached hydrogens (tertiary/aromatic N) is 2. The molecule has 1 aromatic heterocycles. The number of likely N-dealkylation sites (N-methyl/N-ethyl adjacent to an activating group) is 1. The molecule has 28 heavy (non-hydrogen) atoms. The number of nitrogens with one attached hydrogen (secondary N) is 1. The predicted molar refractivity (Wildman–Crippen MR) is 106 cm³/mol. The van der Waals surface area contributed by atoms with Crippen LogP contribution in [-0.4, -0.2) is 52.4 Å². The van der Waals surface area contributed by atoms with Crippen LogP contribution < -0.4 is 10.1 Å².